The predicted octanol–water partition coefficient (Wildman–Crippen LogP) is 2.62. The van der Waals surface area contributed by atoms with Gasteiger partial charge in [-0.05, 0) is 35.4 Å². The average Bonchev–Trinajstić information content (AvgIpc) is 3.25. The third kappa shape index (κ3) is 4.80. The van der Waals surface area contributed by atoms with Crippen LogP contribution in [0.25, 0.3) is 0 Å². The second kappa shape index (κ2) is 9.64. The second-order valence-electron chi connectivity index (χ2n) is 6.25. The molecule has 2 aromatic carbocycles. The molecular weight excluding hydrogens is 390 g/mol. The number of amides is 1. The van der Waals surface area contributed by atoms with Crippen LogP contribution in [0.1, 0.15) is 27.7 Å². The predicted molar refractivity (Wildman–Crippen MR) is 107 cm³/mol. The van der Waals surface area contributed by atoms with Gasteiger partial charge in [-0.3, -0.25) is 4.79 Å². The van der Waals surface area contributed by atoms with Gasteiger partial charge in [0.1, 0.15) is 5.75 Å². The summed E-state index contributed by atoms with van der Waals surface area (Å²) in [5, 5.41) is 10.5. The normalized spacial score (nSPS) is 10.4. The van der Waals surface area contributed by atoms with E-state index in [0.717, 1.165) is 11.1 Å². The Balaban J connectivity index is 1.68. The van der Waals surface area contributed by atoms with Crippen LogP contribution in [0.3, 0.4) is 0 Å². The molecule has 0 radical (unpaired) electrons. The zero-order chi connectivity index (χ0) is 21.5. The molecule has 0 fully saturated rings. The third-order valence-electron chi connectivity index (χ3n) is 4.33. The van der Waals surface area contributed by atoms with Crippen LogP contribution >= 0.6 is 0 Å². The number of aromatic nitrogens is 2. The standard InChI is InChI=1S/C21H23N3O6/c1-26-15-7-5-6-13(8-15)12-22-20(25)21-24-23-18(30-21)11-14-9-16(27-2)19(29-4)17(10-14)28-3/h5-10H,11-12H2,1-4H3,(H,22,25). The smallest absolute Gasteiger partial charge is 0.309 e. The maximum atomic E-state index is 12.3. The fourth-order valence-corrected chi connectivity index (χ4v) is 2.87. The van der Waals surface area contributed by atoms with Crippen molar-refractivity contribution in [3.8, 4) is 23.0 Å². The molecular formula is C21H23N3O6. The van der Waals surface area contributed by atoms with Gasteiger partial charge in [-0.25, -0.2) is 0 Å². The van der Waals surface area contributed by atoms with E-state index in [-0.39, 0.29) is 11.8 Å². The number of hydrogen-bond acceptors (Lipinski definition) is 8. The number of hydrogen-bond donors (Lipinski definition) is 1. The fourth-order valence-electron chi connectivity index (χ4n) is 2.87. The number of nitrogens with one attached hydrogen (secondary N) is 1. The monoisotopic (exact) mass is 413 g/mol. The fraction of sp³-hybridized carbons (Fsp3) is 0.286. The minimum Gasteiger partial charge on any atom is -0.497 e. The Hall–Kier alpha value is -3.75. The van der Waals surface area contributed by atoms with Gasteiger partial charge in [0.15, 0.2) is 11.5 Å². The lowest BCUT2D eigenvalue weighted by atomic mass is 10.1. The van der Waals surface area contributed by atoms with Gasteiger partial charge in [0, 0.05) is 6.54 Å². The van der Waals surface area contributed by atoms with Crippen molar-refractivity contribution in [1.82, 2.24) is 15.5 Å². The summed E-state index contributed by atoms with van der Waals surface area (Å²) in [5.41, 5.74) is 1.69. The summed E-state index contributed by atoms with van der Waals surface area (Å²) in [4.78, 5) is 12.3. The van der Waals surface area contributed by atoms with Gasteiger partial charge in [-0.1, -0.05) is 12.1 Å². The Bertz CT molecular complexity index is 992. The number of methoxy groups -OCH3 is 4. The molecule has 0 unspecified atom stereocenters. The van der Waals surface area contributed by atoms with Crippen molar-refractivity contribution in [2.45, 2.75) is 13.0 Å². The SMILES string of the molecule is COc1cccc(CNC(=O)c2nnc(Cc3cc(OC)c(OC)c(OC)c3)o2)c1. The molecule has 1 N–H and O–H groups in total. The summed E-state index contributed by atoms with van der Waals surface area (Å²) in [6.45, 7) is 0.306. The highest BCUT2D eigenvalue weighted by atomic mass is 16.5. The number of rotatable bonds is 9. The average molecular weight is 413 g/mol. The molecule has 0 bridgehead atoms. The Morgan fingerprint density at radius 3 is 2.30 bits per heavy atom. The van der Waals surface area contributed by atoms with Crippen LogP contribution in [0.2, 0.25) is 0 Å². The lowest BCUT2D eigenvalue weighted by Crippen LogP contribution is -2.23. The maximum absolute atomic E-state index is 12.3. The zero-order valence-electron chi connectivity index (χ0n) is 17.2. The largest absolute Gasteiger partial charge is 0.497 e. The van der Waals surface area contributed by atoms with Crippen LogP contribution in [0.5, 0.6) is 23.0 Å². The highest BCUT2D eigenvalue weighted by Crippen LogP contribution is 2.38. The van der Waals surface area contributed by atoms with Gasteiger partial charge < -0.3 is 28.7 Å². The van der Waals surface area contributed by atoms with E-state index in [4.69, 9.17) is 23.4 Å². The van der Waals surface area contributed by atoms with Gasteiger partial charge in [0.2, 0.25) is 11.6 Å². The van der Waals surface area contributed by atoms with Crippen molar-refractivity contribution >= 4 is 5.91 Å². The number of ether oxygens (including phenoxy) is 4. The number of carbonyl (C=O) groups excluding carboxylic acids is 1. The molecule has 0 saturated carbocycles. The molecule has 1 amide bonds. The summed E-state index contributed by atoms with van der Waals surface area (Å²) < 4.78 is 26.7. The lowest BCUT2D eigenvalue weighted by Gasteiger charge is -2.13. The number of nitrogens with zero attached hydrogens (tertiary/aromatic N) is 2. The molecule has 0 spiro atoms. The first kappa shape index (κ1) is 21.0. The van der Waals surface area contributed by atoms with Crippen LogP contribution in [0.15, 0.2) is 40.8 Å². The molecule has 3 aromatic rings. The van der Waals surface area contributed by atoms with E-state index in [1.165, 1.54) is 7.11 Å². The molecule has 0 aliphatic rings. The summed E-state index contributed by atoms with van der Waals surface area (Å²) in [5.74, 6) is 1.96. The minimum atomic E-state index is -0.457. The molecule has 1 heterocycles. The van der Waals surface area contributed by atoms with E-state index in [0.29, 0.717) is 36.0 Å². The summed E-state index contributed by atoms with van der Waals surface area (Å²) in [6.07, 6.45) is 0.298. The highest BCUT2D eigenvalue weighted by Gasteiger charge is 2.18. The molecule has 9 heteroatoms. The van der Waals surface area contributed by atoms with Crippen LogP contribution < -0.4 is 24.3 Å². The molecule has 0 aliphatic carbocycles. The van der Waals surface area contributed by atoms with Crippen LogP contribution in [-0.2, 0) is 13.0 Å². The van der Waals surface area contributed by atoms with Crippen molar-refractivity contribution in [1.29, 1.82) is 0 Å². The van der Waals surface area contributed by atoms with Gasteiger partial charge >= 0.3 is 11.8 Å². The summed E-state index contributed by atoms with van der Waals surface area (Å²) in [7, 11) is 6.21. The van der Waals surface area contributed by atoms with Crippen molar-refractivity contribution in [2.75, 3.05) is 28.4 Å². The lowest BCUT2D eigenvalue weighted by molar-refractivity contribution is 0.0914. The van der Waals surface area contributed by atoms with E-state index in [1.807, 2.05) is 24.3 Å². The van der Waals surface area contributed by atoms with Gasteiger partial charge in [-0.15, -0.1) is 10.2 Å². The Morgan fingerprint density at radius 1 is 0.933 bits per heavy atom. The van der Waals surface area contributed by atoms with Gasteiger partial charge in [-0.2, -0.15) is 0 Å². The van der Waals surface area contributed by atoms with Crippen LogP contribution in [0, 0.1) is 0 Å². The first-order chi connectivity index (χ1) is 14.6. The molecule has 30 heavy (non-hydrogen) atoms. The Labute approximate surface area is 173 Å². The second-order valence-corrected chi connectivity index (χ2v) is 6.25. The molecule has 158 valence electrons. The maximum Gasteiger partial charge on any atom is 0.309 e. The molecule has 1 aromatic heterocycles. The topological polar surface area (TPSA) is 105 Å². The number of benzene rings is 2. The highest BCUT2D eigenvalue weighted by molar-refractivity contribution is 5.89. The molecule has 9 nitrogen and oxygen atoms in total. The van der Waals surface area contributed by atoms with Crippen molar-refractivity contribution in [3.05, 3.63) is 59.3 Å². The van der Waals surface area contributed by atoms with Crippen LogP contribution in [0.4, 0.5) is 0 Å². The van der Waals surface area contributed by atoms with E-state index >= 15 is 0 Å². The van der Waals surface area contributed by atoms with E-state index < -0.39 is 5.91 Å². The van der Waals surface area contributed by atoms with E-state index in [1.54, 1.807) is 33.5 Å². The summed E-state index contributed by atoms with van der Waals surface area (Å²) in [6, 6.07) is 11.0. The van der Waals surface area contributed by atoms with Crippen molar-refractivity contribution in [2.24, 2.45) is 0 Å². The van der Waals surface area contributed by atoms with E-state index in [9.17, 15) is 4.79 Å². The molecule has 0 atom stereocenters. The first-order valence-corrected chi connectivity index (χ1v) is 9.10. The van der Waals surface area contributed by atoms with Crippen molar-refractivity contribution < 1.29 is 28.2 Å². The number of carbonyl (C=O) groups is 1. The summed E-state index contributed by atoms with van der Waals surface area (Å²) >= 11 is 0. The van der Waals surface area contributed by atoms with Gasteiger partial charge in [0.25, 0.3) is 0 Å². The molecule has 0 saturated heterocycles. The first-order valence-electron chi connectivity index (χ1n) is 9.10. The molecule has 3 rings (SSSR count). The van der Waals surface area contributed by atoms with Crippen LogP contribution in [-0.4, -0.2) is 44.5 Å². The quantitative estimate of drug-likeness (QED) is 0.571. The third-order valence-corrected chi connectivity index (χ3v) is 4.33. The van der Waals surface area contributed by atoms with Crippen molar-refractivity contribution in [3.63, 3.8) is 0 Å². The Kier molecular flexibility index (Phi) is 6.74. The Morgan fingerprint density at radius 2 is 1.67 bits per heavy atom. The minimum absolute atomic E-state index is 0.111. The van der Waals surface area contributed by atoms with E-state index in [2.05, 4.69) is 15.5 Å². The van der Waals surface area contributed by atoms with Gasteiger partial charge in [0.05, 0.1) is 34.9 Å². The zero-order valence-corrected chi connectivity index (χ0v) is 17.2. The molecule has 0 aliphatic heterocycles.